The fraction of sp³-hybridized carbons (Fsp3) is 0.219. The average Bonchev–Trinajstić information content (AvgIpc) is 2.90. The van der Waals surface area contributed by atoms with Gasteiger partial charge in [-0.3, -0.25) is 9.69 Å². The zero-order valence-corrected chi connectivity index (χ0v) is 19.6. The summed E-state index contributed by atoms with van der Waals surface area (Å²) in [4.78, 5) is 16.5. The van der Waals surface area contributed by atoms with E-state index < -0.39 is 0 Å². The molecule has 34 heavy (non-hydrogen) atoms. The van der Waals surface area contributed by atoms with Gasteiger partial charge in [0.05, 0.1) is 0 Å². The number of piperidine rings is 1. The van der Waals surface area contributed by atoms with E-state index in [4.69, 9.17) is 0 Å². The number of ketones is 1. The molecule has 0 radical (unpaired) electrons. The predicted octanol–water partition coefficient (Wildman–Crippen LogP) is 7.16. The first-order valence-corrected chi connectivity index (χ1v) is 12.2. The molecule has 0 spiro atoms. The number of hydrogen-bond donors (Lipinski definition) is 0. The highest BCUT2D eigenvalue weighted by molar-refractivity contribution is 5.98. The molecule has 4 aromatic carbocycles. The number of likely N-dealkylation sites (tertiary alicyclic amines) is 1. The van der Waals surface area contributed by atoms with Gasteiger partial charge in [-0.05, 0) is 28.5 Å². The molecule has 4 atom stereocenters. The quantitative estimate of drug-likeness (QED) is 0.293. The van der Waals surface area contributed by atoms with Gasteiger partial charge in [-0.25, -0.2) is 0 Å². The summed E-state index contributed by atoms with van der Waals surface area (Å²) in [5.41, 5.74) is 4.65. The zero-order valence-electron chi connectivity index (χ0n) is 19.6. The minimum absolute atomic E-state index is 0.108. The van der Waals surface area contributed by atoms with Crippen molar-refractivity contribution in [2.24, 2.45) is 11.8 Å². The SMILES string of the molecule is C[C@@H]1[C@H](c2ccccc2)[C@H](C(=O)c2ccccc2)CN(Cc2ccccc2)[C@H]1c1ccccc1. The fourth-order valence-electron chi connectivity index (χ4n) is 5.79. The van der Waals surface area contributed by atoms with Crippen molar-refractivity contribution in [1.29, 1.82) is 0 Å². The first-order valence-electron chi connectivity index (χ1n) is 12.2. The number of carbonyl (C=O) groups is 1. The smallest absolute Gasteiger partial charge is 0.167 e. The highest BCUT2D eigenvalue weighted by Crippen LogP contribution is 2.48. The summed E-state index contributed by atoms with van der Waals surface area (Å²) >= 11 is 0. The summed E-state index contributed by atoms with van der Waals surface area (Å²) in [6.07, 6.45) is 0. The first-order chi connectivity index (χ1) is 16.7. The van der Waals surface area contributed by atoms with E-state index in [1.54, 1.807) is 0 Å². The minimum Gasteiger partial charge on any atom is -0.294 e. The van der Waals surface area contributed by atoms with Crippen LogP contribution in [0, 0.1) is 11.8 Å². The van der Waals surface area contributed by atoms with Gasteiger partial charge in [-0.15, -0.1) is 0 Å². The molecule has 1 fully saturated rings. The van der Waals surface area contributed by atoms with Crippen LogP contribution in [0.1, 0.15) is 45.9 Å². The molecule has 1 saturated heterocycles. The van der Waals surface area contributed by atoms with Crippen LogP contribution in [0.5, 0.6) is 0 Å². The predicted molar refractivity (Wildman–Crippen MR) is 139 cm³/mol. The van der Waals surface area contributed by atoms with Crippen molar-refractivity contribution in [3.8, 4) is 0 Å². The van der Waals surface area contributed by atoms with Crippen molar-refractivity contribution >= 4 is 5.78 Å². The zero-order chi connectivity index (χ0) is 23.3. The Morgan fingerprint density at radius 3 is 1.79 bits per heavy atom. The van der Waals surface area contributed by atoms with E-state index in [1.807, 2.05) is 30.3 Å². The van der Waals surface area contributed by atoms with E-state index in [0.717, 1.165) is 18.7 Å². The van der Waals surface area contributed by atoms with Gasteiger partial charge in [0, 0.05) is 30.6 Å². The van der Waals surface area contributed by atoms with Crippen LogP contribution >= 0.6 is 0 Å². The van der Waals surface area contributed by atoms with E-state index in [0.29, 0.717) is 0 Å². The lowest BCUT2D eigenvalue weighted by Gasteiger charge is -2.48. The number of benzene rings is 4. The maximum absolute atomic E-state index is 13.9. The van der Waals surface area contributed by atoms with Gasteiger partial charge >= 0.3 is 0 Å². The van der Waals surface area contributed by atoms with Crippen LogP contribution in [0.25, 0.3) is 0 Å². The summed E-state index contributed by atoms with van der Waals surface area (Å²) in [5, 5.41) is 0. The molecule has 1 heterocycles. The summed E-state index contributed by atoms with van der Waals surface area (Å²) in [6.45, 7) is 3.88. The third-order valence-electron chi connectivity index (χ3n) is 7.27. The Balaban J connectivity index is 1.59. The Kier molecular flexibility index (Phi) is 6.69. The third kappa shape index (κ3) is 4.60. The average molecular weight is 446 g/mol. The minimum atomic E-state index is -0.108. The summed E-state index contributed by atoms with van der Waals surface area (Å²) in [7, 11) is 0. The highest BCUT2D eigenvalue weighted by atomic mass is 16.1. The van der Waals surface area contributed by atoms with Crippen LogP contribution in [0.15, 0.2) is 121 Å². The molecule has 0 aromatic heterocycles. The standard InChI is InChI=1S/C32H31NO/c1-24-30(26-16-8-3-9-17-26)29(32(34)28-20-12-5-13-21-28)23-33(22-25-14-6-2-7-15-25)31(24)27-18-10-4-11-19-27/h2-21,24,29-31H,22-23H2,1H3/t24-,29-,30-,31-/m1/s1. The molecule has 0 unspecified atom stereocenters. The van der Waals surface area contributed by atoms with Crippen LogP contribution in [0.2, 0.25) is 0 Å². The number of carbonyl (C=O) groups excluding carboxylic acids is 1. The number of hydrogen-bond acceptors (Lipinski definition) is 2. The van der Waals surface area contributed by atoms with E-state index in [-0.39, 0.29) is 29.6 Å². The van der Waals surface area contributed by atoms with Crippen molar-refractivity contribution in [3.63, 3.8) is 0 Å². The molecular formula is C32H31NO. The molecule has 1 aliphatic rings. The molecule has 0 bridgehead atoms. The van der Waals surface area contributed by atoms with Crippen LogP contribution in [-0.4, -0.2) is 17.2 Å². The third-order valence-corrected chi connectivity index (χ3v) is 7.27. The molecule has 2 heteroatoms. The second-order valence-electron chi connectivity index (χ2n) is 9.40. The molecule has 2 nitrogen and oxygen atoms in total. The Morgan fingerprint density at radius 2 is 1.21 bits per heavy atom. The molecule has 0 aliphatic carbocycles. The largest absolute Gasteiger partial charge is 0.294 e. The topological polar surface area (TPSA) is 20.3 Å². The van der Waals surface area contributed by atoms with E-state index in [1.165, 1.54) is 16.7 Å². The number of Topliss-reactive ketones (excluding diaryl/α,β-unsaturated/α-hetero) is 1. The summed E-state index contributed by atoms with van der Waals surface area (Å²) < 4.78 is 0. The van der Waals surface area contributed by atoms with Crippen molar-refractivity contribution in [3.05, 3.63) is 144 Å². The van der Waals surface area contributed by atoms with Crippen LogP contribution < -0.4 is 0 Å². The lowest BCUT2D eigenvalue weighted by molar-refractivity contribution is 0.0321. The monoisotopic (exact) mass is 445 g/mol. The lowest BCUT2D eigenvalue weighted by Crippen LogP contribution is -2.48. The molecule has 1 aliphatic heterocycles. The van der Waals surface area contributed by atoms with Crippen LogP contribution in [-0.2, 0) is 6.54 Å². The van der Waals surface area contributed by atoms with Crippen molar-refractivity contribution in [2.75, 3.05) is 6.54 Å². The molecule has 0 amide bonds. The molecule has 5 rings (SSSR count). The van der Waals surface area contributed by atoms with Crippen molar-refractivity contribution in [1.82, 2.24) is 4.90 Å². The Hall–Kier alpha value is -3.49. The number of rotatable bonds is 6. The van der Waals surface area contributed by atoms with Gasteiger partial charge < -0.3 is 0 Å². The lowest BCUT2D eigenvalue weighted by atomic mass is 9.67. The molecule has 4 aromatic rings. The molecular weight excluding hydrogens is 414 g/mol. The van der Waals surface area contributed by atoms with Crippen LogP contribution in [0.3, 0.4) is 0 Å². The molecule has 0 N–H and O–H groups in total. The first kappa shape index (κ1) is 22.3. The second kappa shape index (κ2) is 10.2. The Morgan fingerprint density at radius 1 is 0.706 bits per heavy atom. The van der Waals surface area contributed by atoms with Gasteiger partial charge in [-0.1, -0.05) is 128 Å². The summed E-state index contributed by atoms with van der Waals surface area (Å²) in [6, 6.07) is 42.1. The van der Waals surface area contributed by atoms with E-state index in [9.17, 15) is 4.79 Å². The fourth-order valence-corrected chi connectivity index (χ4v) is 5.79. The van der Waals surface area contributed by atoms with Crippen molar-refractivity contribution in [2.45, 2.75) is 25.4 Å². The van der Waals surface area contributed by atoms with Gasteiger partial charge in [-0.2, -0.15) is 0 Å². The summed E-state index contributed by atoms with van der Waals surface area (Å²) in [5.74, 6) is 0.542. The van der Waals surface area contributed by atoms with Gasteiger partial charge in [0.2, 0.25) is 0 Å². The molecule has 0 saturated carbocycles. The Bertz CT molecular complexity index is 1190. The maximum Gasteiger partial charge on any atom is 0.167 e. The maximum atomic E-state index is 13.9. The van der Waals surface area contributed by atoms with Crippen molar-refractivity contribution < 1.29 is 4.79 Å². The highest BCUT2D eigenvalue weighted by Gasteiger charge is 2.45. The van der Waals surface area contributed by atoms with E-state index in [2.05, 4.69) is 103 Å². The normalized spacial score (nSPS) is 22.9. The van der Waals surface area contributed by atoms with E-state index >= 15 is 0 Å². The second-order valence-corrected chi connectivity index (χ2v) is 9.40. The Labute approximate surface area is 202 Å². The van der Waals surface area contributed by atoms with Crippen LogP contribution in [0.4, 0.5) is 0 Å². The van der Waals surface area contributed by atoms with Gasteiger partial charge in [0.25, 0.3) is 0 Å². The van der Waals surface area contributed by atoms with Gasteiger partial charge in [0.15, 0.2) is 5.78 Å². The molecule has 170 valence electrons. The van der Waals surface area contributed by atoms with Gasteiger partial charge in [0.1, 0.15) is 0 Å². The number of nitrogens with zero attached hydrogens (tertiary/aromatic N) is 1.